The van der Waals surface area contributed by atoms with E-state index in [9.17, 15) is 14.7 Å². The highest BCUT2D eigenvalue weighted by atomic mass is 16.5. The second-order valence-corrected chi connectivity index (χ2v) is 4.83. The topological polar surface area (TPSA) is 125 Å². The number of aliphatic hydroxyl groups is 1. The fraction of sp³-hybridized carbons (Fsp3) is 0.467. The van der Waals surface area contributed by atoms with Gasteiger partial charge in [-0.3, -0.25) is 14.8 Å². The standard InChI is InChI=1S/C14H21N3O4.CH4/c1-9(18)12(14(20)17-21)16-13(19)11(15)8-7-10-5-3-2-4-6-10;/h2-6,9,11-12,18,21H,7-8,15H2,1H3,(H,16,19)(H,17,20);1H4/t9-,11+,12+;/m1./s1. The second-order valence-electron chi connectivity index (χ2n) is 4.83. The Morgan fingerprint density at radius 1 is 1.23 bits per heavy atom. The summed E-state index contributed by atoms with van der Waals surface area (Å²) in [6, 6.07) is 7.51. The molecule has 3 atom stereocenters. The summed E-state index contributed by atoms with van der Waals surface area (Å²) < 4.78 is 0. The van der Waals surface area contributed by atoms with Crippen LogP contribution in [-0.2, 0) is 16.0 Å². The van der Waals surface area contributed by atoms with Crippen molar-refractivity contribution < 1.29 is 19.9 Å². The number of hydroxylamine groups is 1. The first kappa shape index (κ1) is 20.0. The lowest BCUT2D eigenvalue weighted by Gasteiger charge is -2.21. The molecule has 2 amide bonds. The van der Waals surface area contributed by atoms with Crippen molar-refractivity contribution in [1.29, 1.82) is 0 Å². The molecule has 0 bridgehead atoms. The lowest BCUT2D eigenvalue weighted by Crippen LogP contribution is -2.55. The van der Waals surface area contributed by atoms with Gasteiger partial charge in [0.15, 0.2) is 0 Å². The Kier molecular flexibility index (Phi) is 9.00. The number of benzene rings is 1. The van der Waals surface area contributed by atoms with Crippen LogP contribution in [0.3, 0.4) is 0 Å². The van der Waals surface area contributed by atoms with E-state index < -0.39 is 30.0 Å². The molecule has 0 fully saturated rings. The molecule has 124 valence electrons. The van der Waals surface area contributed by atoms with E-state index in [4.69, 9.17) is 10.9 Å². The fourth-order valence-electron chi connectivity index (χ4n) is 1.83. The molecule has 0 spiro atoms. The Labute approximate surface area is 130 Å². The molecule has 0 aliphatic rings. The van der Waals surface area contributed by atoms with E-state index in [1.165, 1.54) is 12.4 Å². The average molecular weight is 311 g/mol. The maximum Gasteiger partial charge on any atom is 0.268 e. The van der Waals surface area contributed by atoms with Crippen molar-refractivity contribution in [1.82, 2.24) is 10.8 Å². The Morgan fingerprint density at radius 2 is 1.82 bits per heavy atom. The molecule has 22 heavy (non-hydrogen) atoms. The van der Waals surface area contributed by atoms with Crippen molar-refractivity contribution in [2.75, 3.05) is 0 Å². The van der Waals surface area contributed by atoms with E-state index in [0.29, 0.717) is 12.8 Å². The summed E-state index contributed by atoms with van der Waals surface area (Å²) in [5.74, 6) is -1.45. The lowest BCUT2D eigenvalue weighted by molar-refractivity contribution is -0.137. The largest absolute Gasteiger partial charge is 0.391 e. The van der Waals surface area contributed by atoms with Crippen molar-refractivity contribution in [3.63, 3.8) is 0 Å². The smallest absolute Gasteiger partial charge is 0.268 e. The number of nitrogens with two attached hydrogens (primary N) is 1. The van der Waals surface area contributed by atoms with E-state index in [-0.39, 0.29) is 7.43 Å². The Bertz CT molecular complexity index is 465. The van der Waals surface area contributed by atoms with Gasteiger partial charge in [0.25, 0.3) is 5.91 Å². The zero-order chi connectivity index (χ0) is 15.8. The summed E-state index contributed by atoms with van der Waals surface area (Å²) in [6.45, 7) is 1.33. The SMILES string of the molecule is C.C[C@@H](O)[C@H](NC(=O)[C@@H](N)CCc1ccccc1)C(=O)NO. The van der Waals surface area contributed by atoms with Crippen LogP contribution in [-0.4, -0.2) is 40.3 Å². The minimum Gasteiger partial charge on any atom is -0.391 e. The second kappa shape index (κ2) is 9.88. The number of aliphatic hydroxyl groups excluding tert-OH is 1. The van der Waals surface area contributed by atoms with Crippen LogP contribution in [0, 0.1) is 0 Å². The third-order valence-electron chi connectivity index (χ3n) is 3.10. The molecule has 7 heteroatoms. The number of hydrogen-bond acceptors (Lipinski definition) is 5. The van der Waals surface area contributed by atoms with Crippen molar-refractivity contribution in [3.05, 3.63) is 35.9 Å². The molecule has 0 radical (unpaired) electrons. The molecule has 6 N–H and O–H groups in total. The van der Waals surface area contributed by atoms with E-state index in [1.807, 2.05) is 30.3 Å². The minimum atomic E-state index is -1.25. The maximum atomic E-state index is 11.9. The van der Waals surface area contributed by atoms with Gasteiger partial charge in [0.05, 0.1) is 12.1 Å². The highest BCUT2D eigenvalue weighted by Gasteiger charge is 2.27. The van der Waals surface area contributed by atoms with Gasteiger partial charge >= 0.3 is 0 Å². The van der Waals surface area contributed by atoms with Gasteiger partial charge < -0.3 is 16.2 Å². The third kappa shape index (κ3) is 6.21. The van der Waals surface area contributed by atoms with E-state index in [1.54, 1.807) is 0 Å². The van der Waals surface area contributed by atoms with Gasteiger partial charge in [-0.1, -0.05) is 37.8 Å². The number of amides is 2. The van der Waals surface area contributed by atoms with Crippen molar-refractivity contribution in [3.8, 4) is 0 Å². The Morgan fingerprint density at radius 3 is 2.32 bits per heavy atom. The van der Waals surface area contributed by atoms with Gasteiger partial charge in [0, 0.05) is 0 Å². The molecule has 7 nitrogen and oxygen atoms in total. The summed E-state index contributed by atoms with van der Waals surface area (Å²) in [4.78, 5) is 23.2. The molecular formula is C15H25N3O4. The van der Waals surface area contributed by atoms with Crippen LogP contribution in [0.5, 0.6) is 0 Å². The maximum absolute atomic E-state index is 11.9. The highest BCUT2D eigenvalue weighted by Crippen LogP contribution is 2.04. The molecule has 0 saturated heterocycles. The van der Waals surface area contributed by atoms with Gasteiger partial charge in [0.1, 0.15) is 6.04 Å². The summed E-state index contributed by atoms with van der Waals surface area (Å²) >= 11 is 0. The molecule has 0 aromatic heterocycles. The fourth-order valence-corrected chi connectivity index (χ4v) is 1.83. The molecule has 1 aromatic rings. The minimum absolute atomic E-state index is 0. The van der Waals surface area contributed by atoms with Gasteiger partial charge in [-0.2, -0.15) is 0 Å². The van der Waals surface area contributed by atoms with Gasteiger partial charge in [-0.05, 0) is 25.3 Å². The van der Waals surface area contributed by atoms with Gasteiger partial charge in [-0.15, -0.1) is 0 Å². The number of aryl methyl sites for hydroxylation is 1. The van der Waals surface area contributed by atoms with Crippen LogP contribution >= 0.6 is 0 Å². The van der Waals surface area contributed by atoms with E-state index in [0.717, 1.165) is 5.56 Å². The monoisotopic (exact) mass is 311 g/mol. The van der Waals surface area contributed by atoms with E-state index >= 15 is 0 Å². The van der Waals surface area contributed by atoms with Crippen molar-refractivity contribution >= 4 is 11.8 Å². The Hall–Kier alpha value is -1.96. The van der Waals surface area contributed by atoms with Crippen LogP contribution in [0.4, 0.5) is 0 Å². The molecule has 0 saturated carbocycles. The van der Waals surface area contributed by atoms with Crippen LogP contribution in [0.25, 0.3) is 0 Å². The summed E-state index contributed by atoms with van der Waals surface area (Å²) in [5.41, 5.74) is 8.22. The summed E-state index contributed by atoms with van der Waals surface area (Å²) in [6.07, 6.45) is -0.119. The van der Waals surface area contributed by atoms with Crippen LogP contribution in [0.2, 0.25) is 0 Å². The number of rotatable bonds is 7. The zero-order valence-electron chi connectivity index (χ0n) is 11.8. The number of carbonyl (C=O) groups is 2. The molecule has 1 rings (SSSR count). The Balaban J connectivity index is 0.00000441. The molecule has 0 unspecified atom stereocenters. The molecule has 0 heterocycles. The first-order chi connectivity index (χ1) is 9.95. The average Bonchev–Trinajstić information content (AvgIpc) is 2.49. The zero-order valence-corrected chi connectivity index (χ0v) is 11.8. The predicted molar refractivity (Wildman–Crippen MR) is 83.0 cm³/mol. The quantitative estimate of drug-likeness (QED) is 0.357. The van der Waals surface area contributed by atoms with Crippen LogP contribution in [0.15, 0.2) is 30.3 Å². The van der Waals surface area contributed by atoms with Crippen LogP contribution in [0.1, 0.15) is 26.3 Å². The van der Waals surface area contributed by atoms with Crippen LogP contribution < -0.4 is 16.5 Å². The first-order valence-electron chi connectivity index (χ1n) is 6.67. The van der Waals surface area contributed by atoms with Crippen molar-refractivity contribution in [2.24, 2.45) is 5.73 Å². The lowest BCUT2D eigenvalue weighted by atomic mass is 10.0. The predicted octanol–water partition coefficient (Wildman–Crippen LogP) is -0.0464. The summed E-state index contributed by atoms with van der Waals surface area (Å²) in [5, 5.41) is 20.3. The van der Waals surface area contributed by atoms with Crippen molar-refractivity contribution in [2.45, 2.75) is 45.4 Å². The number of hydrogen-bond donors (Lipinski definition) is 5. The molecular weight excluding hydrogens is 286 g/mol. The van der Waals surface area contributed by atoms with E-state index in [2.05, 4.69) is 5.32 Å². The first-order valence-corrected chi connectivity index (χ1v) is 6.67. The summed E-state index contributed by atoms with van der Waals surface area (Å²) in [7, 11) is 0. The molecule has 1 aromatic carbocycles. The highest BCUT2D eigenvalue weighted by molar-refractivity contribution is 5.89. The molecule has 0 aliphatic carbocycles. The van der Waals surface area contributed by atoms with Gasteiger partial charge in [-0.25, -0.2) is 5.48 Å². The number of carbonyl (C=O) groups excluding carboxylic acids is 2. The van der Waals surface area contributed by atoms with Gasteiger partial charge in [0.2, 0.25) is 5.91 Å². The normalized spacial score (nSPS) is 14.2. The third-order valence-corrected chi connectivity index (χ3v) is 3.10. The number of nitrogens with one attached hydrogen (secondary N) is 2. The molecule has 0 aliphatic heterocycles.